The van der Waals surface area contributed by atoms with Crippen LogP contribution >= 0.6 is 11.6 Å². The maximum atomic E-state index is 12.1. The number of benzene rings is 2. The summed E-state index contributed by atoms with van der Waals surface area (Å²) in [7, 11) is 0. The fraction of sp³-hybridized carbons (Fsp3) is 0.0625. The molecule has 0 spiro atoms. The summed E-state index contributed by atoms with van der Waals surface area (Å²) in [6.07, 6.45) is 0. The molecule has 0 aliphatic carbocycles. The van der Waals surface area contributed by atoms with E-state index < -0.39 is 11.9 Å². The lowest BCUT2D eigenvalue weighted by Gasteiger charge is -2.13. The normalized spacial score (nSPS) is 11.0. The molecule has 0 aliphatic rings. The number of hydrogen-bond acceptors (Lipinski definition) is 3. The van der Waals surface area contributed by atoms with Crippen LogP contribution in [0.2, 0.25) is 5.02 Å². The Bertz CT molecular complexity index is 741. The van der Waals surface area contributed by atoms with E-state index in [1.165, 1.54) is 12.1 Å². The van der Waals surface area contributed by atoms with Crippen molar-refractivity contribution >= 4 is 17.5 Å². The summed E-state index contributed by atoms with van der Waals surface area (Å²) in [5.74, 6) is -0.397. The molecule has 0 heterocycles. The van der Waals surface area contributed by atoms with E-state index in [0.717, 1.165) is 0 Å². The first kappa shape index (κ1) is 14.6. The summed E-state index contributed by atoms with van der Waals surface area (Å²) in [5, 5.41) is 21.0. The van der Waals surface area contributed by atoms with E-state index in [2.05, 4.69) is 5.32 Å². The lowest BCUT2D eigenvalue weighted by molar-refractivity contribution is 0.0945. The summed E-state index contributed by atoms with van der Waals surface area (Å²) in [6, 6.07) is 16.2. The van der Waals surface area contributed by atoms with Crippen molar-refractivity contribution < 1.29 is 4.79 Å². The third-order valence-electron chi connectivity index (χ3n) is 2.90. The minimum Gasteiger partial charge on any atom is -0.332 e. The molecule has 0 saturated heterocycles. The Morgan fingerprint density at radius 2 is 1.76 bits per heavy atom. The Morgan fingerprint density at radius 1 is 1.10 bits per heavy atom. The average molecular weight is 296 g/mol. The van der Waals surface area contributed by atoms with Crippen molar-refractivity contribution in [3.63, 3.8) is 0 Å². The first-order valence-electron chi connectivity index (χ1n) is 6.11. The van der Waals surface area contributed by atoms with E-state index >= 15 is 0 Å². The second-order valence-electron chi connectivity index (χ2n) is 4.25. The van der Waals surface area contributed by atoms with Gasteiger partial charge in [0.05, 0.1) is 17.7 Å². The molecular formula is C16H10ClN3O. The van der Waals surface area contributed by atoms with Crippen LogP contribution in [0, 0.1) is 22.7 Å². The molecule has 0 fully saturated rings. The molecule has 2 aromatic rings. The smallest absolute Gasteiger partial charge is 0.252 e. The Hall–Kier alpha value is -2.82. The van der Waals surface area contributed by atoms with Gasteiger partial charge in [0.25, 0.3) is 5.91 Å². The number of hydrogen-bond donors (Lipinski definition) is 1. The van der Waals surface area contributed by atoms with Crippen LogP contribution in [0.5, 0.6) is 0 Å². The molecule has 0 saturated carbocycles. The minimum atomic E-state index is -0.832. The van der Waals surface area contributed by atoms with Gasteiger partial charge >= 0.3 is 0 Å². The molecular weight excluding hydrogens is 286 g/mol. The highest BCUT2D eigenvalue weighted by molar-refractivity contribution is 6.31. The predicted molar refractivity (Wildman–Crippen MR) is 78.4 cm³/mol. The molecule has 4 nitrogen and oxygen atoms in total. The maximum absolute atomic E-state index is 12.1. The van der Waals surface area contributed by atoms with Crippen LogP contribution < -0.4 is 5.32 Å². The molecule has 2 aromatic carbocycles. The molecule has 102 valence electrons. The van der Waals surface area contributed by atoms with Crippen molar-refractivity contribution in [2.24, 2.45) is 0 Å². The number of nitriles is 2. The average Bonchev–Trinajstić information content (AvgIpc) is 2.53. The zero-order chi connectivity index (χ0) is 15.2. The highest BCUT2D eigenvalue weighted by Gasteiger charge is 2.17. The van der Waals surface area contributed by atoms with E-state index in [1.54, 1.807) is 36.4 Å². The number of carbonyl (C=O) groups excluding carboxylic acids is 1. The highest BCUT2D eigenvalue weighted by Crippen LogP contribution is 2.22. The standard InChI is InChI=1S/C16H10ClN3O/c17-14-4-2-1-3-13(14)15(10-19)20-16(21)12-7-5-11(9-18)6-8-12/h1-8,15H,(H,20,21)/t15-/m0/s1. The zero-order valence-corrected chi connectivity index (χ0v) is 11.6. The summed E-state index contributed by atoms with van der Waals surface area (Å²) >= 11 is 6.03. The van der Waals surface area contributed by atoms with Crippen molar-refractivity contribution in [1.82, 2.24) is 5.32 Å². The lowest BCUT2D eigenvalue weighted by Crippen LogP contribution is -2.27. The number of nitrogens with one attached hydrogen (secondary N) is 1. The molecule has 0 unspecified atom stereocenters. The van der Waals surface area contributed by atoms with Crippen LogP contribution in [0.25, 0.3) is 0 Å². The molecule has 1 atom stereocenters. The maximum Gasteiger partial charge on any atom is 0.252 e. The van der Waals surface area contributed by atoms with Crippen LogP contribution in [0.3, 0.4) is 0 Å². The van der Waals surface area contributed by atoms with Gasteiger partial charge < -0.3 is 5.32 Å². The van der Waals surface area contributed by atoms with Crippen molar-refractivity contribution in [2.45, 2.75) is 6.04 Å². The van der Waals surface area contributed by atoms with Crippen LogP contribution in [-0.4, -0.2) is 5.91 Å². The fourth-order valence-electron chi connectivity index (χ4n) is 1.80. The number of amides is 1. The molecule has 0 radical (unpaired) electrons. The Balaban J connectivity index is 2.19. The first-order valence-corrected chi connectivity index (χ1v) is 6.48. The molecule has 1 N–H and O–H groups in total. The van der Waals surface area contributed by atoms with Gasteiger partial charge in [-0.2, -0.15) is 10.5 Å². The SMILES string of the molecule is N#Cc1ccc(C(=O)N[C@@H](C#N)c2ccccc2Cl)cc1. The van der Waals surface area contributed by atoms with Gasteiger partial charge in [-0.1, -0.05) is 29.8 Å². The zero-order valence-electron chi connectivity index (χ0n) is 10.9. The summed E-state index contributed by atoms with van der Waals surface area (Å²) in [6.45, 7) is 0. The van der Waals surface area contributed by atoms with Crippen molar-refractivity contribution in [1.29, 1.82) is 10.5 Å². The van der Waals surface area contributed by atoms with Gasteiger partial charge in [0.15, 0.2) is 0 Å². The molecule has 2 rings (SSSR count). The third kappa shape index (κ3) is 3.39. The quantitative estimate of drug-likeness (QED) is 0.944. The number of rotatable bonds is 3. The van der Waals surface area contributed by atoms with Crippen LogP contribution in [0.4, 0.5) is 0 Å². The predicted octanol–water partition coefficient (Wildman–Crippen LogP) is 3.21. The highest BCUT2D eigenvalue weighted by atomic mass is 35.5. The fourth-order valence-corrected chi connectivity index (χ4v) is 2.04. The number of halogens is 1. The van der Waals surface area contributed by atoms with Crippen molar-refractivity contribution in [3.8, 4) is 12.1 Å². The van der Waals surface area contributed by atoms with Gasteiger partial charge in [-0.3, -0.25) is 4.79 Å². The molecule has 5 heteroatoms. The summed E-state index contributed by atoms with van der Waals surface area (Å²) < 4.78 is 0. The lowest BCUT2D eigenvalue weighted by atomic mass is 10.1. The van der Waals surface area contributed by atoms with Gasteiger partial charge in [-0.25, -0.2) is 0 Å². The van der Waals surface area contributed by atoms with Gasteiger partial charge in [0, 0.05) is 16.1 Å². The first-order chi connectivity index (χ1) is 10.2. The van der Waals surface area contributed by atoms with Gasteiger partial charge in [-0.15, -0.1) is 0 Å². The molecule has 0 aliphatic heterocycles. The largest absolute Gasteiger partial charge is 0.332 e. The van der Waals surface area contributed by atoms with Gasteiger partial charge in [-0.05, 0) is 30.3 Å². The monoisotopic (exact) mass is 295 g/mol. The van der Waals surface area contributed by atoms with Crippen LogP contribution in [-0.2, 0) is 0 Å². The van der Waals surface area contributed by atoms with Gasteiger partial charge in [0.2, 0.25) is 0 Å². The molecule has 21 heavy (non-hydrogen) atoms. The van der Waals surface area contributed by atoms with Crippen molar-refractivity contribution in [3.05, 3.63) is 70.2 Å². The minimum absolute atomic E-state index is 0.376. The molecule has 0 aromatic heterocycles. The van der Waals surface area contributed by atoms with E-state index in [1.807, 2.05) is 12.1 Å². The number of nitrogens with zero attached hydrogens (tertiary/aromatic N) is 2. The van der Waals surface area contributed by atoms with E-state index in [-0.39, 0.29) is 0 Å². The van der Waals surface area contributed by atoms with Crippen LogP contribution in [0.1, 0.15) is 27.5 Å². The Kier molecular flexibility index (Phi) is 4.56. The van der Waals surface area contributed by atoms with E-state index in [4.69, 9.17) is 16.9 Å². The van der Waals surface area contributed by atoms with Crippen LogP contribution in [0.15, 0.2) is 48.5 Å². The number of carbonyl (C=O) groups is 1. The van der Waals surface area contributed by atoms with E-state index in [0.29, 0.717) is 21.7 Å². The second kappa shape index (κ2) is 6.56. The Labute approximate surface area is 127 Å². The van der Waals surface area contributed by atoms with E-state index in [9.17, 15) is 10.1 Å². The molecule has 1 amide bonds. The summed E-state index contributed by atoms with van der Waals surface area (Å²) in [4.78, 5) is 12.1. The van der Waals surface area contributed by atoms with Gasteiger partial charge in [0.1, 0.15) is 6.04 Å². The summed E-state index contributed by atoms with van der Waals surface area (Å²) in [5.41, 5.74) is 1.39. The second-order valence-corrected chi connectivity index (χ2v) is 4.65. The van der Waals surface area contributed by atoms with Crippen molar-refractivity contribution in [2.75, 3.05) is 0 Å². The third-order valence-corrected chi connectivity index (χ3v) is 3.24. The topological polar surface area (TPSA) is 76.7 Å². The molecule has 0 bridgehead atoms. The Morgan fingerprint density at radius 3 is 2.33 bits per heavy atom.